The van der Waals surface area contributed by atoms with Crippen LogP contribution in [0.15, 0.2) is 42.5 Å². The molecule has 3 aromatic rings. The standard InChI is InChI=1S/C31H38O11/c1-37-23-12-18(7-8-22(23)35)28(36)27(16-34)41-31-25(39-3)13-19(14-26(31)40-4)29-21(15-33)20-10-17(6-5-9-32)11-24(38-2)30(20)42-29/h7-8,10-14,21,27-29,32-36H,5-6,9,15-16H2,1-4H3/t21-,27?,28?,29+/m1/s1. The maximum absolute atomic E-state index is 11.0. The zero-order chi connectivity index (χ0) is 30.4. The van der Waals surface area contributed by atoms with Crippen molar-refractivity contribution in [2.24, 2.45) is 0 Å². The van der Waals surface area contributed by atoms with E-state index in [4.69, 9.17) is 28.4 Å². The number of aryl methyl sites for hydroxylation is 1. The molecule has 0 radical (unpaired) electrons. The Morgan fingerprint density at radius 3 is 2.07 bits per heavy atom. The van der Waals surface area contributed by atoms with Crippen molar-refractivity contribution in [1.82, 2.24) is 0 Å². The molecule has 0 saturated heterocycles. The molecule has 0 spiro atoms. The van der Waals surface area contributed by atoms with Gasteiger partial charge in [-0.3, -0.25) is 0 Å². The van der Waals surface area contributed by atoms with E-state index in [1.54, 1.807) is 19.2 Å². The lowest BCUT2D eigenvalue weighted by Crippen LogP contribution is -2.29. The van der Waals surface area contributed by atoms with Crippen molar-refractivity contribution in [1.29, 1.82) is 0 Å². The molecule has 11 heteroatoms. The van der Waals surface area contributed by atoms with Gasteiger partial charge in [0.2, 0.25) is 5.75 Å². The van der Waals surface area contributed by atoms with E-state index in [0.29, 0.717) is 35.5 Å². The monoisotopic (exact) mass is 586 g/mol. The molecular formula is C31H38O11. The molecular weight excluding hydrogens is 548 g/mol. The van der Waals surface area contributed by atoms with Crippen molar-refractivity contribution in [3.8, 4) is 40.2 Å². The summed E-state index contributed by atoms with van der Waals surface area (Å²) in [4.78, 5) is 0. The lowest BCUT2D eigenvalue weighted by molar-refractivity contribution is -0.00180. The molecule has 0 saturated carbocycles. The molecule has 11 nitrogen and oxygen atoms in total. The van der Waals surface area contributed by atoms with Gasteiger partial charge in [0, 0.05) is 17.7 Å². The van der Waals surface area contributed by atoms with E-state index in [2.05, 4.69) is 0 Å². The van der Waals surface area contributed by atoms with Gasteiger partial charge in [-0.05, 0) is 54.3 Å². The summed E-state index contributed by atoms with van der Waals surface area (Å²) in [6.45, 7) is -0.695. The maximum Gasteiger partial charge on any atom is 0.204 e. The third-order valence-corrected chi connectivity index (χ3v) is 7.35. The fraction of sp³-hybridized carbons (Fsp3) is 0.419. The summed E-state index contributed by atoms with van der Waals surface area (Å²) in [5.74, 6) is 1.36. The van der Waals surface area contributed by atoms with Gasteiger partial charge in [0.15, 0.2) is 40.6 Å². The molecule has 1 heterocycles. The van der Waals surface area contributed by atoms with Crippen LogP contribution >= 0.6 is 0 Å². The molecule has 0 bridgehead atoms. The van der Waals surface area contributed by atoms with Gasteiger partial charge in [-0.25, -0.2) is 0 Å². The Bertz CT molecular complexity index is 1330. The largest absolute Gasteiger partial charge is 0.504 e. The highest BCUT2D eigenvalue weighted by atomic mass is 16.6. The number of fused-ring (bicyclic) bond motifs is 1. The van der Waals surface area contributed by atoms with E-state index < -0.39 is 30.8 Å². The SMILES string of the molecule is COc1cc(C(O)C(CO)Oc2c(OC)cc([C@@H]3Oc4c(OC)cc(CCCO)cc4[C@H]3CO)cc2OC)ccc1O. The minimum Gasteiger partial charge on any atom is -0.504 e. The molecule has 1 aliphatic rings. The lowest BCUT2D eigenvalue weighted by Gasteiger charge is -2.26. The van der Waals surface area contributed by atoms with E-state index in [1.165, 1.54) is 39.5 Å². The third kappa shape index (κ3) is 6.14. The Balaban J connectivity index is 1.68. The molecule has 0 aromatic heterocycles. The fourth-order valence-corrected chi connectivity index (χ4v) is 5.16. The smallest absolute Gasteiger partial charge is 0.204 e. The molecule has 228 valence electrons. The molecule has 42 heavy (non-hydrogen) atoms. The van der Waals surface area contributed by atoms with Gasteiger partial charge >= 0.3 is 0 Å². The first-order valence-electron chi connectivity index (χ1n) is 13.5. The summed E-state index contributed by atoms with van der Waals surface area (Å²) in [6.07, 6.45) is -1.81. The van der Waals surface area contributed by atoms with Gasteiger partial charge in [0.05, 0.1) is 47.6 Å². The summed E-state index contributed by atoms with van der Waals surface area (Å²) in [5, 5.41) is 50.8. The van der Waals surface area contributed by atoms with Gasteiger partial charge in [-0.2, -0.15) is 0 Å². The van der Waals surface area contributed by atoms with Crippen molar-refractivity contribution < 1.29 is 54.0 Å². The van der Waals surface area contributed by atoms with E-state index in [1.807, 2.05) is 12.1 Å². The summed E-state index contributed by atoms with van der Waals surface area (Å²) >= 11 is 0. The lowest BCUT2D eigenvalue weighted by atomic mass is 9.90. The molecule has 2 unspecified atom stereocenters. The number of phenolic OH excluding ortho intramolecular Hbond substituents is 1. The van der Waals surface area contributed by atoms with Crippen LogP contribution in [0.4, 0.5) is 0 Å². The quantitative estimate of drug-likeness (QED) is 0.189. The van der Waals surface area contributed by atoms with Crippen LogP contribution in [0, 0.1) is 0 Å². The van der Waals surface area contributed by atoms with Crippen molar-refractivity contribution in [3.05, 3.63) is 64.7 Å². The predicted molar refractivity (Wildman–Crippen MR) is 152 cm³/mol. The number of ether oxygens (including phenoxy) is 6. The van der Waals surface area contributed by atoms with Gasteiger partial charge < -0.3 is 54.0 Å². The number of hydrogen-bond donors (Lipinski definition) is 5. The van der Waals surface area contributed by atoms with Crippen molar-refractivity contribution in [3.63, 3.8) is 0 Å². The third-order valence-electron chi connectivity index (χ3n) is 7.35. The zero-order valence-electron chi connectivity index (χ0n) is 24.1. The Morgan fingerprint density at radius 2 is 1.50 bits per heavy atom. The number of aliphatic hydroxyl groups excluding tert-OH is 4. The summed E-state index contributed by atoms with van der Waals surface area (Å²) in [6, 6.07) is 11.6. The van der Waals surface area contributed by atoms with Gasteiger partial charge in [-0.15, -0.1) is 0 Å². The van der Waals surface area contributed by atoms with Crippen LogP contribution in [0.25, 0.3) is 0 Å². The average molecular weight is 587 g/mol. The fourth-order valence-electron chi connectivity index (χ4n) is 5.16. The number of hydrogen-bond acceptors (Lipinski definition) is 11. The molecule has 3 aromatic carbocycles. The van der Waals surface area contributed by atoms with Crippen LogP contribution in [-0.4, -0.2) is 79.9 Å². The van der Waals surface area contributed by atoms with Crippen LogP contribution in [0.5, 0.6) is 40.2 Å². The van der Waals surface area contributed by atoms with Crippen LogP contribution in [-0.2, 0) is 6.42 Å². The molecule has 0 aliphatic carbocycles. The highest BCUT2D eigenvalue weighted by Crippen LogP contribution is 2.53. The van der Waals surface area contributed by atoms with Gasteiger partial charge in [-0.1, -0.05) is 12.1 Å². The van der Waals surface area contributed by atoms with Crippen LogP contribution in [0.3, 0.4) is 0 Å². The topological polar surface area (TPSA) is 157 Å². The minimum atomic E-state index is -1.29. The Hall–Kier alpha value is -3.90. The molecule has 5 N–H and O–H groups in total. The number of methoxy groups -OCH3 is 4. The first kappa shape index (κ1) is 31.0. The van der Waals surface area contributed by atoms with Crippen molar-refractivity contribution >= 4 is 0 Å². The molecule has 0 fully saturated rings. The summed E-state index contributed by atoms with van der Waals surface area (Å²) in [7, 11) is 5.84. The minimum absolute atomic E-state index is 0.0628. The zero-order valence-corrected chi connectivity index (χ0v) is 24.1. The maximum atomic E-state index is 11.0. The molecule has 0 amide bonds. The second-order valence-electron chi connectivity index (χ2n) is 9.84. The van der Waals surface area contributed by atoms with E-state index in [-0.39, 0.29) is 42.0 Å². The number of phenols is 1. The van der Waals surface area contributed by atoms with Gasteiger partial charge in [0.1, 0.15) is 12.2 Å². The number of rotatable bonds is 14. The molecule has 1 aliphatic heterocycles. The highest BCUT2D eigenvalue weighted by Gasteiger charge is 2.39. The van der Waals surface area contributed by atoms with Crippen molar-refractivity contribution in [2.75, 3.05) is 48.3 Å². The molecule has 4 rings (SSSR count). The Labute approximate surface area is 244 Å². The van der Waals surface area contributed by atoms with Gasteiger partial charge in [0.25, 0.3) is 0 Å². The number of aliphatic hydroxyl groups is 4. The first-order chi connectivity index (χ1) is 20.3. The van der Waals surface area contributed by atoms with E-state index >= 15 is 0 Å². The Kier molecular flexibility index (Phi) is 10.2. The van der Waals surface area contributed by atoms with Crippen LogP contribution in [0.2, 0.25) is 0 Å². The average Bonchev–Trinajstić information content (AvgIpc) is 3.40. The van der Waals surface area contributed by atoms with E-state index in [9.17, 15) is 25.5 Å². The summed E-state index contributed by atoms with van der Waals surface area (Å²) in [5.41, 5.74) is 2.74. The highest BCUT2D eigenvalue weighted by molar-refractivity contribution is 5.58. The van der Waals surface area contributed by atoms with Crippen LogP contribution in [0.1, 0.15) is 46.8 Å². The number of benzene rings is 3. The van der Waals surface area contributed by atoms with Crippen molar-refractivity contribution in [2.45, 2.75) is 37.1 Å². The predicted octanol–water partition coefficient (Wildman–Crippen LogP) is 3.03. The van der Waals surface area contributed by atoms with Crippen LogP contribution < -0.4 is 28.4 Å². The second-order valence-corrected chi connectivity index (χ2v) is 9.84. The summed E-state index contributed by atoms with van der Waals surface area (Å²) < 4.78 is 34.4. The first-order valence-corrected chi connectivity index (χ1v) is 13.5. The Morgan fingerprint density at radius 1 is 0.833 bits per heavy atom. The normalized spacial score (nSPS) is 17.1. The second kappa shape index (κ2) is 13.8. The number of aromatic hydroxyl groups is 1. The molecule has 4 atom stereocenters. The van der Waals surface area contributed by atoms with E-state index in [0.717, 1.165) is 11.1 Å².